The number of benzene rings is 1. The van der Waals surface area contributed by atoms with Crippen LogP contribution in [0.2, 0.25) is 0 Å². The first-order valence-electron chi connectivity index (χ1n) is 6.46. The fraction of sp³-hybridized carbons (Fsp3) is 0.214. The van der Waals surface area contributed by atoms with Crippen molar-refractivity contribution in [1.82, 2.24) is 19.9 Å². The molecule has 7 heteroatoms. The number of halogens is 1. The predicted octanol–water partition coefficient (Wildman–Crippen LogP) is 2.21. The number of aryl methyl sites for hydroxylation is 1. The molecule has 108 valence electrons. The van der Waals surface area contributed by atoms with Crippen molar-refractivity contribution in [3.8, 4) is 0 Å². The van der Waals surface area contributed by atoms with Crippen LogP contribution in [0.1, 0.15) is 21.7 Å². The molecule has 3 aromatic rings. The molecule has 0 radical (unpaired) electrons. The highest BCUT2D eigenvalue weighted by molar-refractivity contribution is 7.14. The Kier molecular flexibility index (Phi) is 3.66. The molecule has 0 spiro atoms. The minimum absolute atomic E-state index is 0.201. The first-order valence-corrected chi connectivity index (χ1v) is 7.34. The molecule has 3 rings (SSSR count). The Hall–Kier alpha value is -2.28. The molecular weight excluding hydrogens is 291 g/mol. The number of nitrogens with one attached hydrogen (secondary N) is 1. The van der Waals surface area contributed by atoms with Gasteiger partial charge in [-0.05, 0) is 31.0 Å². The normalized spacial score (nSPS) is 11.0. The summed E-state index contributed by atoms with van der Waals surface area (Å²) in [6.07, 6.45) is 0.643. The van der Waals surface area contributed by atoms with Gasteiger partial charge in [0.1, 0.15) is 11.3 Å². The number of rotatable bonds is 4. The van der Waals surface area contributed by atoms with Crippen LogP contribution in [0.3, 0.4) is 0 Å². The second kappa shape index (κ2) is 5.61. The number of amides is 1. The zero-order valence-corrected chi connectivity index (χ0v) is 12.2. The van der Waals surface area contributed by atoms with Crippen molar-refractivity contribution >= 4 is 22.2 Å². The molecule has 1 N–H and O–H groups in total. The van der Waals surface area contributed by atoms with E-state index in [1.807, 2.05) is 0 Å². The Bertz CT molecular complexity index is 778. The van der Waals surface area contributed by atoms with Gasteiger partial charge >= 0.3 is 0 Å². The maximum atomic E-state index is 12.8. The zero-order valence-electron chi connectivity index (χ0n) is 11.3. The van der Waals surface area contributed by atoms with Crippen molar-refractivity contribution in [1.29, 1.82) is 0 Å². The van der Waals surface area contributed by atoms with E-state index >= 15 is 0 Å². The predicted molar refractivity (Wildman–Crippen MR) is 78.0 cm³/mol. The lowest BCUT2D eigenvalue weighted by molar-refractivity contribution is 0.0946. The standard InChI is InChI=1S/C14H13FN4OS/c1-9-12(19-14(18-9)21-8-17-19)13(20)16-7-6-10-2-4-11(15)5-3-10/h2-5,8H,6-7H2,1H3,(H,16,20). The highest BCUT2D eigenvalue weighted by Gasteiger charge is 2.17. The summed E-state index contributed by atoms with van der Waals surface area (Å²) in [6.45, 7) is 2.26. The number of imidazole rings is 1. The summed E-state index contributed by atoms with van der Waals surface area (Å²) in [6, 6.07) is 6.25. The van der Waals surface area contributed by atoms with Crippen molar-refractivity contribution in [2.24, 2.45) is 0 Å². The molecule has 5 nitrogen and oxygen atoms in total. The van der Waals surface area contributed by atoms with Gasteiger partial charge in [0.05, 0.1) is 5.69 Å². The Balaban J connectivity index is 1.65. The molecule has 0 bridgehead atoms. The van der Waals surface area contributed by atoms with Gasteiger partial charge in [-0.3, -0.25) is 4.79 Å². The van der Waals surface area contributed by atoms with Gasteiger partial charge in [-0.1, -0.05) is 23.5 Å². The summed E-state index contributed by atoms with van der Waals surface area (Å²) in [7, 11) is 0. The van der Waals surface area contributed by atoms with Gasteiger partial charge in [0.2, 0.25) is 4.96 Å². The van der Waals surface area contributed by atoms with Crippen molar-refractivity contribution in [2.75, 3.05) is 6.54 Å². The number of carbonyl (C=O) groups excluding carboxylic acids is 1. The minimum Gasteiger partial charge on any atom is -0.350 e. The second-order valence-corrected chi connectivity index (χ2v) is 5.42. The molecule has 0 atom stereocenters. The van der Waals surface area contributed by atoms with Crippen LogP contribution in [0, 0.1) is 12.7 Å². The topological polar surface area (TPSA) is 59.3 Å². The van der Waals surface area contributed by atoms with E-state index in [0.29, 0.717) is 29.3 Å². The third-order valence-electron chi connectivity index (χ3n) is 3.15. The highest BCUT2D eigenvalue weighted by atomic mass is 32.1. The quantitative estimate of drug-likeness (QED) is 0.804. The van der Waals surface area contributed by atoms with Crippen molar-refractivity contribution in [3.63, 3.8) is 0 Å². The summed E-state index contributed by atoms with van der Waals surface area (Å²) in [5, 5.41) is 6.95. The minimum atomic E-state index is -0.261. The summed E-state index contributed by atoms with van der Waals surface area (Å²) in [5.41, 5.74) is 3.75. The van der Waals surface area contributed by atoms with E-state index in [1.165, 1.54) is 23.5 Å². The Labute approximate surface area is 124 Å². The zero-order chi connectivity index (χ0) is 14.8. The average Bonchev–Trinajstić information content (AvgIpc) is 3.00. The van der Waals surface area contributed by atoms with Gasteiger partial charge in [0.15, 0.2) is 5.69 Å². The number of hydrogen-bond acceptors (Lipinski definition) is 4. The lowest BCUT2D eigenvalue weighted by Crippen LogP contribution is -2.27. The molecule has 2 aromatic heterocycles. The SMILES string of the molecule is Cc1nc2scnn2c1C(=O)NCCc1ccc(F)cc1. The van der Waals surface area contributed by atoms with Crippen LogP contribution >= 0.6 is 11.3 Å². The molecule has 1 amide bonds. The molecule has 0 saturated carbocycles. The molecule has 0 saturated heterocycles. The van der Waals surface area contributed by atoms with E-state index < -0.39 is 0 Å². The summed E-state index contributed by atoms with van der Waals surface area (Å²) >= 11 is 1.39. The van der Waals surface area contributed by atoms with Crippen molar-refractivity contribution in [3.05, 3.63) is 52.5 Å². The smallest absolute Gasteiger partial charge is 0.271 e. The van der Waals surface area contributed by atoms with Crippen molar-refractivity contribution in [2.45, 2.75) is 13.3 Å². The maximum absolute atomic E-state index is 12.8. The maximum Gasteiger partial charge on any atom is 0.271 e. The van der Waals surface area contributed by atoms with E-state index in [0.717, 1.165) is 5.56 Å². The molecular formula is C14H13FN4OS. The van der Waals surface area contributed by atoms with Gasteiger partial charge in [-0.25, -0.2) is 9.37 Å². The van der Waals surface area contributed by atoms with E-state index in [9.17, 15) is 9.18 Å². The van der Waals surface area contributed by atoms with Crippen LogP contribution in [0.5, 0.6) is 0 Å². The number of nitrogens with zero attached hydrogens (tertiary/aromatic N) is 3. The molecule has 0 fully saturated rings. The summed E-state index contributed by atoms with van der Waals surface area (Å²) in [4.78, 5) is 17.2. The third kappa shape index (κ3) is 2.78. The van der Waals surface area contributed by atoms with Gasteiger partial charge in [0.25, 0.3) is 5.91 Å². The lowest BCUT2D eigenvalue weighted by atomic mass is 10.1. The monoisotopic (exact) mass is 304 g/mol. The first kappa shape index (κ1) is 13.7. The van der Waals surface area contributed by atoms with E-state index in [1.54, 1.807) is 29.1 Å². The molecule has 0 aliphatic heterocycles. The first-order chi connectivity index (χ1) is 10.1. The second-order valence-electron chi connectivity index (χ2n) is 4.61. The Morgan fingerprint density at radius 1 is 1.38 bits per heavy atom. The van der Waals surface area contributed by atoms with Crippen LogP contribution in [-0.4, -0.2) is 27.0 Å². The van der Waals surface area contributed by atoms with E-state index in [2.05, 4.69) is 15.4 Å². The van der Waals surface area contributed by atoms with Gasteiger partial charge in [0, 0.05) is 6.54 Å². The lowest BCUT2D eigenvalue weighted by Gasteiger charge is -2.05. The molecule has 0 aliphatic carbocycles. The highest BCUT2D eigenvalue weighted by Crippen LogP contribution is 2.14. The Morgan fingerprint density at radius 2 is 2.14 bits per heavy atom. The average molecular weight is 304 g/mol. The molecule has 21 heavy (non-hydrogen) atoms. The third-order valence-corrected chi connectivity index (χ3v) is 3.82. The molecule has 1 aromatic carbocycles. The van der Waals surface area contributed by atoms with Crippen LogP contribution in [0.15, 0.2) is 29.8 Å². The van der Waals surface area contributed by atoms with Crippen LogP contribution < -0.4 is 5.32 Å². The fourth-order valence-corrected chi connectivity index (χ4v) is 2.77. The van der Waals surface area contributed by atoms with Crippen LogP contribution in [-0.2, 0) is 6.42 Å². The van der Waals surface area contributed by atoms with E-state index in [4.69, 9.17) is 0 Å². The summed E-state index contributed by atoms with van der Waals surface area (Å²) < 4.78 is 14.3. The van der Waals surface area contributed by atoms with Gasteiger partial charge in [-0.15, -0.1) is 0 Å². The van der Waals surface area contributed by atoms with E-state index in [-0.39, 0.29) is 11.7 Å². The van der Waals surface area contributed by atoms with Crippen molar-refractivity contribution < 1.29 is 9.18 Å². The van der Waals surface area contributed by atoms with Crippen LogP contribution in [0.25, 0.3) is 4.96 Å². The summed E-state index contributed by atoms with van der Waals surface area (Å²) in [5.74, 6) is -0.461. The Morgan fingerprint density at radius 3 is 2.90 bits per heavy atom. The van der Waals surface area contributed by atoms with Gasteiger partial charge in [-0.2, -0.15) is 9.61 Å². The number of carbonyl (C=O) groups is 1. The molecule has 2 heterocycles. The fourth-order valence-electron chi connectivity index (χ4n) is 2.11. The number of aromatic nitrogens is 3. The number of hydrogen-bond donors (Lipinski definition) is 1. The molecule has 0 aliphatic rings. The number of fused-ring (bicyclic) bond motifs is 1. The molecule has 0 unspecified atom stereocenters. The largest absolute Gasteiger partial charge is 0.350 e. The van der Waals surface area contributed by atoms with Crippen LogP contribution in [0.4, 0.5) is 4.39 Å². The van der Waals surface area contributed by atoms with Gasteiger partial charge < -0.3 is 5.32 Å².